The van der Waals surface area contributed by atoms with Gasteiger partial charge in [-0.3, -0.25) is 24.4 Å². The van der Waals surface area contributed by atoms with Gasteiger partial charge in [-0.05, 0) is 30.4 Å². The van der Waals surface area contributed by atoms with Crippen molar-refractivity contribution in [3.05, 3.63) is 36.0 Å². The highest BCUT2D eigenvalue weighted by atomic mass is 16.5. The summed E-state index contributed by atoms with van der Waals surface area (Å²) in [4.78, 5) is 57.4. The van der Waals surface area contributed by atoms with Gasteiger partial charge in [-0.1, -0.05) is 38.5 Å². The zero-order chi connectivity index (χ0) is 25.7. The van der Waals surface area contributed by atoms with Crippen molar-refractivity contribution in [1.29, 1.82) is 0 Å². The lowest BCUT2D eigenvalue weighted by Gasteiger charge is -2.35. The summed E-state index contributed by atoms with van der Waals surface area (Å²) < 4.78 is 0. The number of fused-ring (bicyclic) bond motifs is 1. The molecule has 1 fully saturated rings. The molecule has 10 nitrogen and oxygen atoms in total. The van der Waals surface area contributed by atoms with E-state index in [0.717, 1.165) is 22.9 Å². The highest BCUT2D eigenvalue weighted by Gasteiger charge is 2.40. The molecule has 0 bridgehead atoms. The number of nitrogens with one attached hydrogen (secondary N) is 3. The minimum Gasteiger partial charge on any atom is -0.361 e. The summed E-state index contributed by atoms with van der Waals surface area (Å²) in [5.74, 6) is -1.91. The first-order valence-electron chi connectivity index (χ1n) is 12.0. The third-order valence-electron chi connectivity index (χ3n) is 7.00. The Balaban J connectivity index is 1.82. The fourth-order valence-electron chi connectivity index (χ4n) is 4.88. The van der Waals surface area contributed by atoms with Crippen LogP contribution in [0.3, 0.4) is 0 Å². The smallest absolute Gasteiger partial charge is 0.266 e. The predicted octanol–water partition coefficient (Wildman–Crippen LogP) is 1.58. The number of carbonyl (C=O) groups excluding carboxylic acids is 4. The Labute approximate surface area is 205 Å². The first-order chi connectivity index (χ1) is 16.7. The molecule has 0 saturated carbocycles. The number of para-hydroxylation sites is 1. The number of likely N-dealkylation sites (N-methyl/N-ethyl adjacent to an activating group) is 1. The molecule has 1 aromatic carbocycles. The Morgan fingerprint density at radius 1 is 1.23 bits per heavy atom. The lowest BCUT2D eigenvalue weighted by molar-refractivity contribution is -0.148. The van der Waals surface area contributed by atoms with Crippen LogP contribution in [0.15, 0.2) is 30.5 Å². The van der Waals surface area contributed by atoms with E-state index >= 15 is 0 Å². The summed E-state index contributed by atoms with van der Waals surface area (Å²) in [7, 11) is 1.57. The Bertz CT molecular complexity index is 1080. The molecule has 2 unspecified atom stereocenters. The molecule has 4 N–H and O–H groups in total. The van der Waals surface area contributed by atoms with E-state index < -0.39 is 29.9 Å². The van der Waals surface area contributed by atoms with Crippen molar-refractivity contribution < 1.29 is 24.4 Å². The number of nitrogens with zero attached hydrogens (tertiary/aromatic N) is 2. The second kappa shape index (κ2) is 11.4. The van der Waals surface area contributed by atoms with Gasteiger partial charge in [0, 0.05) is 44.0 Å². The van der Waals surface area contributed by atoms with Gasteiger partial charge in [0.05, 0.1) is 0 Å². The van der Waals surface area contributed by atoms with Gasteiger partial charge in [0.25, 0.3) is 5.91 Å². The second-order valence-corrected chi connectivity index (χ2v) is 9.25. The number of aromatic amines is 1. The van der Waals surface area contributed by atoms with Crippen molar-refractivity contribution in [3.8, 4) is 0 Å². The first kappa shape index (κ1) is 26.2. The van der Waals surface area contributed by atoms with E-state index in [1.165, 1.54) is 11.8 Å². The Kier molecular flexibility index (Phi) is 8.50. The number of H-pyrrole nitrogens is 1. The molecule has 3 rings (SSSR count). The Morgan fingerprint density at radius 2 is 1.94 bits per heavy atom. The molecule has 0 spiro atoms. The average molecular weight is 486 g/mol. The normalized spacial score (nSPS) is 18.1. The maximum atomic E-state index is 13.5. The molecule has 1 aromatic heterocycles. The van der Waals surface area contributed by atoms with E-state index in [9.17, 15) is 24.4 Å². The number of hydrogen-bond acceptors (Lipinski definition) is 5. The molecule has 1 aliphatic rings. The lowest BCUT2D eigenvalue weighted by Crippen LogP contribution is -2.58. The van der Waals surface area contributed by atoms with E-state index in [1.54, 1.807) is 23.6 Å². The molecule has 35 heavy (non-hydrogen) atoms. The molecule has 2 heterocycles. The molecule has 4 amide bonds. The molecule has 4 atom stereocenters. The standard InChI is InChI=1S/C25H35N5O5/c1-5-15(2)22(29(4)25(34)21-11-8-12-30(21)16(3)31)24(33)27-20(23(32)28-35)13-17-14-26-19-10-7-6-9-18(17)19/h6-7,9-10,14-15,20-22,26,35H,5,8,11-13H2,1-4H3,(H,27,33)(H,28,32)/t15?,20-,21-,22?/m0/s1. The maximum Gasteiger partial charge on any atom is 0.266 e. The van der Waals surface area contributed by atoms with Crippen LogP contribution < -0.4 is 10.8 Å². The molecule has 1 aliphatic heterocycles. The SMILES string of the molecule is CCC(C)C(C(=O)N[C@@H](Cc1c[nH]c2ccccc12)C(=O)NO)N(C)C(=O)[C@@H]1CCCN1C(C)=O. The van der Waals surface area contributed by atoms with Gasteiger partial charge in [0.2, 0.25) is 17.7 Å². The zero-order valence-electron chi connectivity index (χ0n) is 20.7. The second-order valence-electron chi connectivity index (χ2n) is 9.25. The first-order valence-corrected chi connectivity index (χ1v) is 12.0. The summed E-state index contributed by atoms with van der Waals surface area (Å²) in [5, 5.41) is 13.0. The summed E-state index contributed by atoms with van der Waals surface area (Å²) >= 11 is 0. The molecule has 190 valence electrons. The van der Waals surface area contributed by atoms with Crippen LogP contribution in [-0.4, -0.2) is 75.3 Å². The van der Waals surface area contributed by atoms with E-state index in [0.29, 0.717) is 19.4 Å². The molecule has 0 aliphatic carbocycles. The fourth-order valence-corrected chi connectivity index (χ4v) is 4.88. The number of aromatic nitrogens is 1. The number of hydroxylamine groups is 1. The van der Waals surface area contributed by atoms with Crippen molar-refractivity contribution >= 4 is 34.5 Å². The van der Waals surface area contributed by atoms with Gasteiger partial charge < -0.3 is 20.1 Å². The largest absolute Gasteiger partial charge is 0.361 e. The van der Waals surface area contributed by atoms with E-state index in [-0.39, 0.29) is 24.2 Å². The van der Waals surface area contributed by atoms with Crippen LogP contribution >= 0.6 is 0 Å². The fraction of sp³-hybridized carbons (Fsp3) is 0.520. The molecular weight excluding hydrogens is 450 g/mol. The summed E-state index contributed by atoms with van der Waals surface area (Å²) in [6.45, 7) is 5.74. The predicted molar refractivity (Wildman–Crippen MR) is 130 cm³/mol. The number of amides is 4. The van der Waals surface area contributed by atoms with E-state index in [1.807, 2.05) is 38.1 Å². The number of benzene rings is 1. The molecule has 0 radical (unpaired) electrons. The number of carbonyl (C=O) groups is 4. The average Bonchev–Trinajstić information content (AvgIpc) is 3.50. The summed E-state index contributed by atoms with van der Waals surface area (Å²) in [6.07, 6.45) is 3.82. The highest BCUT2D eigenvalue weighted by molar-refractivity contribution is 5.94. The van der Waals surface area contributed by atoms with Crippen LogP contribution in [0.2, 0.25) is 0 Å². The van der Waals surface area contributed by atoms with Crippen molar-refractivity contribution in [3.63, 3.8) is 0 Å². The number of rotatable bonds is 9. The van der Waals surface area contributed by atoms with Gasteiger partial charge in [0.1, 0.15) is 18.1 Å². The molecule has 1 saturated heterocycles. The minimum atomic E-state index is -1.05. The van der Waals surface area contributed by atoms with Crippen LogP contribution in [-0.2, 0) is 25.6 Å². The Hall–Kier alpha value is -3.40. The monoisotopic (exact) mass is 485 g/mol. The zero-order valence-corrected chi connectivity index (χ0v) is 20.7. The van der Waals surface area contributed by atoms with Crippen molar-refractivity contribution in [2.45, 2.75) is 64.6 Å². The van der Waals surface area contributed by atoms with Crippen molar-refractivity contribution in [2.75, 3.05) is 13.6 Å². The van der Waals surface area contributed by atoms with Crippen molar-refractivity contribution in [1.82, 2.24) is 25.6 Å². The third-order valence-corrected chi connectivity index (χ3v) is 7.00. The highest BCUT2D eigenvalue weighted by Crippen LogP contribution is 2.23. The van der Waals surface area contributed by atoms with Crippen LogP contribution in [0.5, 0.6) is 0 Å². The van der Waals surface area contributed by atoms with Gasteiger partial charge in [-0.25, -0.2) is 5.48 Å². The summed E-state index contributed by atoms with van der Waals surface area (Å²) in [6, 6.07) is 5.09. The molecule has 10 heteroatoms. The maximum absolute atomic E-state index is 13.5. The third kappa shape index (κ3) is 5.64. The van der Waals surface area contributed by atoms with Crippen LogP contribution in [0.4, 0.5) is 0 Å². The molecular formula is C25H35N5O5. The van der Waals surface area contributed by atoms with Gasteiger partial charge in [0.15, 0.2) is 0 Å². The summed E-state index contributed by atoms with van der Waals surface area (Å²) in [5.41, 5.74) is 3.34. The van der Waals surface area contributed by atoms with Gasteiger partial charge >= 0.3 is 0 Å². The lowest BCUT2D eigenvalue weighted by atomic mass is 9.95. The molecule has 2 aromatic rings. The number of hydrogen-bond donors (Lipinski definition) is 4. The van der Waals surface area contributed by atoms with E-state index in [2.05, 4.69) is 10.3 Å². The minimum absolute atomic E-state index is 0.147. The van der Waals surface area contributed by atoms with E-state index in [4.69, 9.17) is 0 Å². The van der Waals surface area contributed by atoms with Crippen molar-refractivity contribution in [2.24, 2.45) is 5.92 Å². The van der Waals surface area contributed by atoms with Gasteiger partial charge in [-0.2, -0.15) is 0 Å². The number of likely N-dealkylation sites (tertiary alicyclic amines) is 1. The quantitative estimate of drug-likeness (QED) is 0.316. The van der Waals surface area contributed by atoms with Crippen LogP contribution in [0.25, 0.3) is 10.9 Å². The van der Waals surface area contributed by atoms with Crippen LogP contribution in [0, 0.1) is 5.92 Å². The van der Waals surface area contributed by atoms with Gasteiger partial charge in [-0.15, -0.1) is 0 Å². The Morgan fingerprint density at radius 3 is 2.60 bits per heavy atom. The van der Waals surface area contributed by atoms with Crippen LogP contribution in [0.1, 0.15) is 45.6 Å². The topological polar surface area (TPSA) is 135 Å².